The van der Waals surface area contributed by atoms with Crippen molar-refractivity contribution in [1.29, 1.82) is 0 Å². The topological polar surface area (TPSA) is 44.1 Å². The highest BCUT2D eigenvalue weighted by molar-refractivity contribution is 5.74. The second-order valence-corrected chi connectivity index (χ2v) is 4.13. The summed E-state index contributed by atoms with van der Waals surface area (Å²) in [5.41, 5.74) is 0. The molecular formula is C12H20N2O2. The Bertz CT molecular complexity index is 303. The number of carbonyl (C=O) groups is 1. The Morgan fingerprint density at radius 2 is 2.25 bits per heavy atom. The first kappa shape index (κ1) is 12.7. The molecule has 0 N–H and O–H groups in total. The third-order valence-electron chi connectivity index (χ3n) is 2.32. The minimum absolute atomic E-state index is 0.00694. The van der Waals surface area contributed by atoms with Crippen molar-refractivity contribution in [2.45, 2.75) is 39.7 Å². The molecule has 1 fully saturated rings. The van der Waals surface area contributed by atoms with E-state index in [1.165, 1.54) is 0 Å². The molecule has 1 aliphatic rings. The Balaban J connectivity index is 0.000000160. The van der Waals surface area contributed by atoms with Gasteiger partial charge in [-0.05, 0) is 33.6 Å². The van der Waals surface area contributed by atoms with E-state index >= 15 is 0 Å². The lowest BCUT2D eigenvalue weighted by Gasteiger charge is -2.02. The minimum atomic E-state index is -0.00694. The van der Waals surface area contributed by atoms with Crippen molar-refractivity contribution in [3.63, 3.8) is 0 Å². The van der Waals surface area contributed by atoms with Crippen LogP contribution in [0.25, 0.3) is 0 Å². The fourth-order valence-corrected chi connectivity index (χ4v) is 1.15. The van der Waals surface area contributed by atoms with Crippen LogP contribution in [0.4, 0.5) is 0 Å². The predicted octanol–water partition coefficient (Wildman–Crippen LogP) is 2.42. The van der Waals surface area contributed by atoms with Crippen molar-refractivity contribution in [2.75, 3.05) is 6.61 Å². The lowest BCUT2D eigenvalue weighted by atomic mass is 10.4. The van der Waals surface area contributed by atoms with Crippen LogP contribution in [-0.4, -0.2) is 22.1 Å². The monoisotopic (exact) mass is 224 g/mol. The van der Waals surface area contributed by atoms with Crippen molar-refractivity contribution in [3.8, 4) is 0 Å². The Kier molecular flexibility index (Phi) is 5.02. The number of imidazole rings is 1. The van der Waals surface area contributed by atoms with E-state index in [-0.39, 0.29) is 11.9 Å². The van der Waals surface area contributed by atoms with Crippen LogP contribution in [0, 0.1) is 5.92 Å². The summed E-state index contributed by atoms with van der Waals surface area (Å²) < 4.78 is 6.78. The number of aromatic nitrogens is 2. The SMILES string of the molecule is CC(C)n1ccnc1.CCOC(=O)C1CC1. The molecule has 1 saturated carbocycles. The maximum absolute atomic E-state index is 10.6. The summed E-state index contributed by atoms with van der Waals surface area (Å²) in [6.07, 6.45) is 7.66. The molecular weight excluding hydrogens is 204 g/mol. The maximum atomic E-state index is 10.6. The lowest BCUT2D eigenvalue weighted by Crippen LogP contribution is -2.04. The summed E-state index contributed by atoms with van der Waals surface area (Å²) in [6, 6.07) is 0.539. The van der Waals surface area contributed by atoms with Crippen LogP contribution in [0.3, 0.4) is 0 Å². The summed E-state index contributed by atoms with van der Waals surface area (Å²) in [7, 11) is 0. The van der Waals surface area contributed by atoms with Gasteiger partial charge in [-0.2, -0.15) is 0 Å². The molecule has 0 aliphatic heterocycles. The third-order valence-corrected chi connectivity index (χ3v) is 2.32. The van der Waals surface area contributed by atoms with E-state index in [9.17, 15) is 4.79 Å². The number of nitrogens with zero attached hydrogens (tertiary/aromatic N) is 2. The quantitative estimate of drug-likeness (QED) is 0.741. The Morgan fingerprint density at radius 3 is 2.56 bits per heavy atom. The number of rotatable bonds is 3. The van der Waals surface area contributed by atoms with Gasteiger partial charge in [0.25, 0.3) is 0 Å². The zero-order valence-electron chi connectivity index (χ0n) is 10.2. The molecule has 0 radical (unpaired) electrons. The van der Waals surface area contributed by atoms with E-state index in [0.29, 0.717) is 12.6 Å². The van der Waals surface area contributed by atoms with Gasteiger partial charge in [0.2, 0.25) is 0 Å². The highest BCUT2D eigenvalue weighted by Gasteiger charge is 2.30. The first-order valence-corrected chi connectivity index (χ1v) is 5.79. The normalized spacial score (nSPS) is 14.2. The van der Waals surface area contributed by atoms with E-state index in [2.05, 4.69) is 23.4 Å². The number of esters is 1. The van der Waals surface area contributed by atoms with E-state index in [4.69, 9.17) is 4.74 Å². The van der Waals surface area contributed by atoms with Crippen LogP contribution in [0.15, 0.2) is 18.7 Å². The first-order valence-electron chi connectivity index (χ1n) is 5.79. The molecule has 2 rings (SSSR count). The molecule has 0 atom stereocenters. The van der Waals surface area contributed by atoms with Gasteiger partial charge in [0, 0.05) is 18.4 Å². The number of carbonyl (C=O) groups excluding carboxylic acids is 1. The van der Waals surface area contributed by atoms with E-state index in [1.807, 2.05) is 19.4 Å². The average molecular weight is 224 g/mol. The van der Waals surface area contributed by atoms with Gasteiger partial charge in [-0.3, -0.25) is 4.79 Å². The molecule has 4 heteroatoms. The van der Waals surface area contributed by atoms with Crippen molar-refractivity contribution in [2.24, 2.45) is 5.92 Å². The number of ether oxygens (including phenoxy) is 1. The Hall–Kier alpha value is -1.32. The first-order chi connectivity index (χ1) is 7.65. The zero-order valence-corrected chi connectivity index (χ0v) is 10.2. The van der Waals surface area contributed by atoms with Gasteiger partial charge in [-0.25, -0.2) is 4.98 Å². The summed E-state index contributed by atoms with van der Waals surface area (Å²) in [5.74, 6) is 0.252. The highest BCUT2D eigenvalue weighted by Crippen LogP contribution is 2.29. The van der Waals surface area contributed by atoms with E-state index in [1.54, 1.807) is 6.20 Å². The molecule has 90 valence electrons. The molecule has 0 bridgehead atoms. The largest absolute Gasteiger partial charge is 0.466 e. The average Bonchev–Trinajstić information content (AvgIpc) is 2.95. The standard InChI is InChI=1S/C6H10N2.C6H10O2/c1-6(2)8-4-3-7-5-8;1-2-8-6(7)5-3-4-5/h3-6H,1-2H3;5H,2-4H2,1H3. The third kappa shape index (κ3) is 4.47. The molecule has 1 aromatic heterocycles. The summed E-state index contributed by atoms with van der Waals surface area (Å²) >= 11 is 0. The van der Waals surface area contributed by atoms with Gasteiger partial charge >= 0.3 is 5.97 Å². The van der Waals surface area contributed by atoms with Crippen LogP contribution in [-0.2, 0) is 9.53 Å². The molecule has 1 heterocycles. The van der Waals surface area contributed by atoms with E-state index in [0.717, 1.165) is 12.8 Å². The fraction of sp³-hybridized carbons (Fsp3) is 0.667. The van der Waals surface area contributed by atoms with Gasteiger partial charge in [0.1, 0.15) is 0 Å². The van der Waals surface area contributed by atoms with Gasteiger partial charge in [0.15, 0.2) is 0 Å². The zero-order chi connectivity index (χ0) is 12.0. The van der Waals surface area contributed by atoms with Crippen LogP contribution in [0.5, 0.6) is 0 Å². The molecule has 0 amide bonds. The maximum Gasteiger partial charge on any atom is 0.308 e. The van der Waals surface area contributed by atoms with Crippen LogP contribution < -0.4 is 0 Å². The lowest BCUT2D eigenvalue weighted by molar-refractivity contribution is -0.144. The highest BCUT2D eigenvalue weighted by atomic mass is 16.5. The smallest absolute Gasteiger partial charge is 0.308 e. The number of hydrogen-bond acceptors (Lipinski definition) is 3. The molecule has 0 aromatic carbocycles. The van der Waals surface area contributed by atoms with E-state index < -0.39 is 0 Å². The molecule has 0 unspecified atom stereocenters. The molecule has 4 nitrogen and oxygen atoms in total. The second-order valence-electron chi connectivity index (χ2n) is 4.13. The number of hydrogen-bond donors (Lipinski definition) is 0. The molecule has 1 aliphatic carbocycles. The van der Waals surface area contributed by atoms with Gasteiger partial charge in [0.05, 0.1) is 18.9 Å². The molecule has 1 aromatic rings. The Morgan fingerprint density at radius 1 is 1.56 bits per heavy atom. The van der Waals surface area contributed by atoms with Crippen molar-refractivity contribution in [3.05, 3.63) is 18.7 Å². The van der Waals surface area contributed by atoms with Crippen LogP contribution in [0.2, 0.25) is 0 Å². The van der Waals surface area contributed by atoms with Gasteiger partial charge in [-0.1, -0.05) is 0 Å². The van der Waals surface area contributed by atoms with Gasteiger partial charge in [-0.15, -0.1) is 0 Å². The van der Waals surface area contributed by atoms with Crippen LogP contribution >= 0.6 is 0 Å². The molecule has 0 spiro atoms. The van der Waals surface area contributed by atoms with Crippen LogP contribution in [0.1, 0.15) is 39.7 Å². The van der Waals surface area contributed by atoms with Crippen molar-refractivity contribution in [1.82, 2.24) is 9.55 Å². The minimum Gasteiger partial charge on any atom is -0.466 e. The summed E-state index contributed by atoms with van der Waals surface area (Å²) in [5, 5.41) is 0. The second kappa shape index (κ2) is 6.30. The summed E-state index contributed by atoms with van der Waals surface area (Å²) in [6.45, 7) is 6.61. The van der Waals surface area contributed by atoms with Gasteiger partial charge < -0.3 is 9.30 Å². The fourth-order valence-electron chi connectivity index (χ4n) is 1.15. The predicted molar refractivity (Wildman–Crippen MR) is 62.0 cm³/mol. The summed E-state index contributed by atoms with van der Waals surface area (Å²) in [4.78, 5) is 14.5. The molecule has 0 saturated heterocycles. The van der Waals surface area contributed by atoms with Crippen molar-refractivity contribution < 1.29 is 9.53 Å². The Labute approximate surface area is 96.6 Å². The van der Waals surface area contributed by atoms with Crippen molar-refractivity contribution >= 4 is 5.97 Å². The molecule has 16 heavy (non-hydrogen) atoms.